The molecule has 0 aliphatic carbocycles. The Kier molecular flexibility index (Phi) is 9.56. The number of hydrogen-bond donors (Lipinski definition) is 2. The third-order valence-corrected chi connectivity index (χ3v) is 5.21. The van der Waals surface area contributed by atoms with Crippen LogP contribution in [0.2, 0.25) is 0 Å². The van der Waals surface area contributed by atoms with E-state index in [1.165, 1.54) is 54.8 Å². The lowest BCUT2D eigenvalue weighted by Crippen LogP contribution is -2.20. The molecule has 0 aliphatic heterocycles. The van der Waals surface area contributed by atoms with Crippen molar-refractivity contribution in [3.05, 3.63) is 35.4 Å². The molecule has 2 N–H and O–H groups in total. The average Bonchev–Trinajstić information content (AvgIpc) is 2.86. The molecule has 0 bridgehead atoms. The van der Waals surface area contributed by atoms with Gasteiger partial charge in [0.25, 0.3) is 0 Å². The summed E-state index contributed by atoms with van der Waals surface area (Å²) in [6.45, 7) is 0. The molecule has 1 amide bonds. The van der Waals surface area contributed by atoms with E-state index in [1.807, 2.05) is 0 Å². The Bertz CT molecular complexity index is 1060. The van der Waals surface area contributed by atoms with Crippen molar-refractivity contribution >= 4 is 23.5 Å². The molecular weight excluding hydrogens is 462 g/mol. The monoisotopic (exact) mass is 491 g/mol. The molecule has 0 heterocycles. The van der Waals surface area contributed by atoms with Gasteiger partial charge in [-0.3, -0.25) is 9.59 Å². The van der Waals surface area contributed by atoms with Crippen molar-refractivity contribution in [2.45, 2.75) is 18.8 Å². The molecule has 0 spiro atoms. The molecule has 35 heavy (non-hydrogen) atoms. The molecular formula is C24H29NO10. The summed E-state index contributed by atoms with van der Waals surface area (Å²) in [7, 11) is 8.35. The van der Waals surface area contributed by atoms with Gasteiger partial charge >= 0.3 is 11.9 Å². The van der Waals surface area contributed by atoms with Crippen molar-refractivity contribution in [1.29, 1.82) is 0 Å². The minimum absolute atomic E-state index is 0.0427. The molecule has 190 valence electrons. The van der Waals surface area contributed by atoms with E-state index >= 15 is 0 Å². The number of esters is 1. The van der Waals surface area contributed by atoms with Gasteiger partial charge in [-0.1, -0.05) is 0 Å². The largest absolute Gasteiger partial charge is 0.493 e. The predicted molar refractivity (Wildman–Crippen MR) is 125 cm³/mol. The van der Waals surface area contributed by atoms with Crippen LogP contribution in [-0.4, -0.2) is 65.6 Å². The summed E-state index contributed by atoms with van der Waals surface area (Å²) < 4.78 is 31.3. The number of carbonyl (C=O) groups excluding carboxylic acids is 2. The van der Waals surface area contributed by atoms with Crippen molar-refractivity contribution in [2.24, 2.45) is 0 Å². The van der Waals surface area contributed by atoms with E-state index in [1.54, 1.807) is 12.1 Å². The zero-order valence-corrected chi connectivity index (χ0v) is 20.4. The van der Waals surface area contributed by atoms with Crippen LogP contribution >= 0.6 is 0 Å². The molecule has 2 aromatic rings. The van der Waals surface area contributed by atoms with Crippen LogP contribution in [0.4, 0.5) is 5.69 Å². The Morgan fingerprint density at radius 3 is 1.77 bits per heavy atom. The molecule has 0 fully saturated rings. The number of methoxy groups -OCH3 is 6. The summed E-state index contributed by atoms with van der Waals surface area (Å²) in [6, 6.07) is 6.00. The summed E-state index contributed by atoms with van der Waals surface area (Å²) in [6.07, 6.45) is -0.568. The highest BCUT2D eigenvalue weighted by molar-refractivity contribution is 6.02. The maximum atomic E-state index is 13.0. The molecule has 11 heteroatoms. The number of nitrogens with one attached hydrogen (secondary N) is 1. The lowest BCUT2D eigenvalue weighted by molar-refractivity contribution is -0.137. The highest BCUT2D eigenvalue weighted by atomic mass is 16.5. The topological polar surface area (TPSA) is 139 Å². The van der Waals surface area contributed by atoms with E-state index in [-0.39, 0.29) is 35.6 Å². The molecule has 1 atom stereocenters. The fraction of sp³-hybridized carbons (Fsp3) is 0.375. The fourth-order valence-electron chi connectivity index (χ4n) is 3.54. The number of amides is 1. The quantitative estimate of drug-likeness (QED) is 0.426. The summed E-state index contributed by atoms with van der Waals surface area (Å²) in [5.41, 5.74) is 0.664. The van der Waals surface area contributed by atoms with Crippen molar-refractivity contribution < 1.29 is 47.9 Å². The highest BCUT2D eigenvalue weighted by Crippen LogP contribution is 2.41. The number of anilines is 1. The third-order valence-electron chi connectivity index (χ3n) is 5.21. The maximum Gasteiger partial charge on any atom is 0.340 e. The lowest BCUT2D eigenvalue weighted by atomic mass is 9.91. The predicted octanol–water partition coefficient (Wildman–Crippen LogP) is 3.10. The first-order valence-corrected chi connectivity index (χ1v) is 10.4. The van der Waals surface area contributed by atoms with E-state index in [0.29, 0.717) is 22.8 Å². The summed E-state index contributed by atoms with van der Waals surface area (Å²) >= 11 is 0. The van der Waals surface area contributed by atoms with Gasteiger partial charge in [-0.2, -0.15) is 0 Å². The van der Waals surface area contributed by atoms with Crippen LogP contribution in [0.3, 0.4) is 0 Å². The van der Waals surface area contributed by atoms with Gasteiger partial charge in [0.05, 0.1) is 60.3 Å². The van der Waals surface area contributed by atoms with Crippen LogP contribution < -0.4 is 29.0 Å². The molecule has 0 saturated carbocycles. The number of rotatable bonds is 12. The SMILES string of the molecule is COC(=O)c1cc(OC)c(OC)cc1NC(=O)CC(CC(=O)O)c1cc(OC)c(OC)c(OC)c1. The van der Waals surface area contributed by atoms with E-state index in [0.717, 1.165) is 0 Å². The first kappa shape index (κ1) is 27.1. The molecule has 0 saturated heterocycles. The number of carboxylic acid groups (broad SMARTS) is 1. The fourth-order valence-corrected chi connectivity index (χ4v) is 3.54. The van der Waals surface area contributed by atoms with Gasteiger partial charge in [0.15, 0.2) is 23.0 Å². The minimum atomic E-state index is -1.10. The van der Waals surface area contributed by atoms with Gasteiger partial charge in [0.1, 0.15) is 0 Å². The van der Waals surface area contributed by atoms with E-state index < -0.39 is 23.8 Å². The van der Waals surface area contributed by atoms with Crippen molar-refractivity contribution in [3.63, 3.8) is 0 Å². The highest BCUT2D eigenvalue weighted by Gasteiger charge is 2.25. The molecule has 1 unspecified atom stereocenters. The molecule has 0 radical (unpaired) electrons. The second kappa shape index (κ2) is 12.4. The Labute approximate surface area is 202 Å². The third kappa shape index (κ3) is 6.46. The second-order valence-electron chi connectivity index (χ2n) is 7.25. The summed E-state index contributed by atoms with van der Waals surface area (Å²) in [5, 5.41) is 12.1. The molecule has 2 aromatic carbocycles. The van der Waals surface area contributed by atoms with Crippen LogP contribution in [0.5, 0.6) is 28.7 Å². The minimum Gasteiger partial charge on any atom is -0.493 e. The smallest absolute Gasteiger partial charge is 0.340 e. The van der Waals surface area contributed by atoms with E-state index in [2.05, 4.69) is 5.32 Å². The van der Waals surface area contributed by atoms with E-state index in [4.69, 9.17) is 28.4 Å². The molecule has 0 aliphatic rings. The van der Waals surface area contributed by atoms with Crippen molar-refractivity contribution in [3.8, 4) is 28.7 Å². The number of benzene rings is 2. The second-order valence-corrected chi connectivity index (χ2v) is 7.25. The maximum absolute atomic E-state index is 13.0. The van der Waals surface area contributed by atoms with Crippen LogP contribution in [0, 0.1) is 0 Å². The van der Waals surface area contributed by atoms with Gasteiger partial charge in [0.2, 0.25) is 11.7 Å². The van der Waals surface area contributed by atoms with Crippen LogP contribution in [0.1, 0.15) is 34.7 Å². The Morgan fingerprint density at radius 1 is 0.771 bits per heavy atom. The summed E-state index contributed by atoms with van der Waals surface area (Å²) in [4.78, 5) is 36.9. The molecule has 11 nitrogen and oxygen atoms in total. The van der Waals surface area contributed by atoms with Crippen molar-refractivity contribution in [1.82, 2.24) is 0 Å². The van der Waals surface area contributed by atoms with Crippen LogP contribution in [0.25, 0.3) is 0 Å². The Morgan fingerprint density at radius 2 is 1.31 bits per heavy atom. The Hall–Kier alpha value is -4.15. The normalized spacial score (nSPS) is 11.1. The van der Waals surface area contributed by atoms with Gasteiger partial charge in [-0.25, -0.2) is 4.79 Å². The molecule has 2 rings (SSSR count). The Balaban J connectivity index is 2.43. The first-order valence-electron chi connectivity index (χ1n) is 10.4. The number of carboxylic acids is 1. The van der Waals surface area contributed by atoms with Gasteiger partial charge in [-0.05, 0) is 17.7 Å². The standard InChI is InChI=1S/C24H29NO10/c1-30-17-11-15(24(29)35-6)16(12-18(17)31-2)25-21(26)9-14(10-22(27)28)13-7-19(32-3)23(34-5)20(8-13)33-4/h7-8,11-12,14H,9-10H2,1-6H3,(H,25,26)(H,27,28). The number of carbonyl (C=O) groups is 3. The lowest BCUT2D eigenvalue weighted by Gasteiger charge is -2.20. The van der Waals surface area contributed by atoms with E-state index in [9.17, 15) is 19.5 Å². The number of aliphatic carboxylic acids is 1. The number of ether oxygens (including phenoxy) is 6. The number of hydrogen-bond acceptors (Lipinski definition) is 9. The molecule has 0 aromatic heterocycles. The van der Waals surface area contributed by atoms with Crippen LogP contribution in [0.15, 0.2) is 24.3 Å². The first-order chi connectivity index (χ1) is 16.7. The van der Waals surface area contributed by atoms with Gasteiger partial charge < -0.3 is 38.8 Å². The van der Waals surface area contributed by atoms with Gasteiger partial charge in [0, 0.05) is 24.5 Å². The zero-order valence-electron chi connectivity index (χ0n) is 20.4. The van der Waals surface area contributed by atoms with Gasteiger partial charge in [-0.15, -0.1) is 0 Å². The van der Waals surface area contributed by atoms with Crippen LogP contribution in [-0.2, 0) is 14.3 Å². The van der Waals surface area contributed by atoms with Crippen molar-refractivity contribution in [2.75, 3.05) is 48.0 Å². The summed E-state index contributed by atoms with van der Waals surface area (Å²) in [5.74, 6) is -1.55. The average molecular weight is 491 g/mol. The zero-order chi connectivity index (χ0) is 26.1.